The van der Waals surface area contributed by atoms with Gasteiger partial charge in [-0.2, -0.15) is 8.42 Å². The van der Waals surface area contributed by atoms with Crippen molar-refractivity contribution in [2.45, 2.75) is 11.7 Å². The monoisotopic (exact) mass is 270 g/mol. The minimum atomic E-state index is -4.50. The van der Waals surface area contributed by atoms with Crippen molar-refractivity contribution in [1.82, 2.24) is 0 Å². The third-order valence-corrected chi connectivity index (χ3v) is 3.31. The highest BCUT2D eigenvalue weighted by atomic mass is 32.2. The molecule has 0 heterocycles. The molecule has 0 saturated carbocycles. The zero-order chi connectivity index (χ0) is 13.6. The third-order valence-electron chi connectivity index (χ3n) is 2.23. The van der Waals surface area contributed by atoms with Crippen LogP contribution < -0.4 is 0 Å². The molecule has 1 aromatic rings. The number of carbonyl (C=O) groups is 1. The van der Waals surface area contributed by atoms with Gasteiger partial charge in [-0.1, -0.05) is 43.0 Å². The van der Waals surface area contributed by atoms with Gasteiger partial charge in [0.25, 0.3) is 10.1 Å². The van der Waals surface area contributed by atoms with Gasteiger partial charge in [-0.15, -0.1) is 0 Å². The van der Waals surface area contributed by atoms with E-state index in [1.165, 1.54) is 6.08 Å². The zero-order valence-electron chi connectivity index (χ0n) is 9.65. The van der Waals surface area contributed by atoms with E-state index in [-0.39, 0.29) is 13.0 Å². The Morgan fingerprint density at radius 2 is 2.00 bits per heavy atom. The van der Waals surface area contributed by atoms with Gasteiger partial charge in [0.2, 0.25) is 0 Å². The lowest BCUT2D eigenvalue weighted by Gasteiger charge is -2.12. The van der Waals surface area contributed by atoms with Gasteiger partial charge in [0.1, 0.15) is 6.61 Å². The van der Waals surface area contributed by atoms with E-state index in [4.69, 9.17) is 4.55 Å². The Morgan fingerprint density at radius 3 is 2.50 bits per heavy atom. The standard InChI is InChI=1S/C12H14O5S/c1-2-8-17-12(13)11(18(14,15)16)9-10-6-4-3-5-7-10/h2-7,11H,1,8-9H2,(H,14,15,16). The van der Waals surface area contributed by atoms with Gasteiger partial charge >= 0.3 is 5.97 Å². The predicted octanol–water partition coefficient (Wildman–Crippen LogP) is 1.21. The second-order valence-electron chi connectivity index (χ2n) is 3.61. The van der Waals surface area contributed by atoms with Crippen LogP contribution in [0.3, 0.4) is 0 Å². The highest BCUT2D eigenvalue weighted by Gasteiger charge is 2.32. The Kier molecular flexibility index (Phi) is 5.06. The first-order valence-electron chi connectivity index (χ1n) is 5.23. The summed E-state index contributed by atoms with van der Waals surface area (Å²) in [6.45, 7) is 3.25. The van der Waals surface area contributed by atoms with Crippen LogP contribution in [-0.2, 0) is 26.1 Å². The molecule has 0 spiro atoms. The van der Waals surface area contributed by atoms with Gasteiger partial charge < -0.3 is 4.74 Å². The first kappa shape index (κ1) is 14.4. The van der Waals surface area contributed by atoms with Crippen LogP contribution in [-0.4, -0.2) is 30.8 Å². The van der Waals surface area contributed by atoms with E-state index < -0.39 is 21.3 Å². The Bertz CT molecular complexity index is 507. The van der Waals surface area contributed by atoms with Gasteiger partial charge in [-0.3, -0.25) is 9.35 Å². The quantitative estimate of drug-likeness (QED) is 0.477. The van der Waals surface area contributed by atoms with E-state index in [0.29, 0.717) is 5.56 Å². The van der Waals surface area contributed by atoms with Crippen LogP contribution in [0.2, 0.25) is 0 Å². The van der Waals surface area contributed by atoms with Crippen LogP contribution in [0.25, 0.3) is 0 Å². The van der Waals surface area contributed by atoms with E-state index in [1.54, 1.807) is 30.3 Å². The largest absolute Gasteiger partial charge is 0.460 e. The second-order valence-corrected chi connectivity index (χ2v) is 5.21. The molecule has 18 heavy (non-hydrogen) atoms. The molecular formula is C12H14O5S. The SMILES string of the molecule is C=CCOC(=O)C(Cc1ccccc1)S(=O)(=O)O. The van der Waals surface area contributed by atoms with Crippen molar-refractivity contribution in [3.8, 4) is 0 Å². The van der Waals surface area contributed by atoms with Crippen LogP contribution >= 0.6 is 0 Å². The second kappa shape index (κ2) is 6.32. The maximum absolute atomic E-state index is 11.5. The molecule has 1 N–H and O–H groups in total. The molecule has 6 heteroatoms. The molecule has 0 aliphatic heterocycles. The van der Waals surface area contributed by atoms with Gasteiger partial charge in [0.15, 0.2) is 5.25 Å². The molecule has 0 bridgehead atoms. The molecule has 0 aromatic heterocycles. The molecule has 98 valence electrons. The highest BCUT2D eigenvalue weighted by molar-refractivity contribution is 7.87. The average Bonchev–Trinajstić information content (AvgIpc) is 2.33. The van der Waals surface area contributed by atoms with E-state index in [0.717, 1.165) is 0 Å². The molecular weight excluding hydrogens is 256 g/mol. The Labute approximate surface area is 106 Å². The van der Waals surface area contributed by atoms with Crippen molar-refractivity contribution < 1.29 is 22.5 Å². The minimum absolute atomic E-state index is 0.0976. The summed E-state index contributed by atoms with van der Waals surface area (Å²) in [5, 5.41) is -1.61. The van der Waals surface area contributed by atoms with E-state index in [9.17, 15) is 13.2 Å². The number of ether oxygens (including phenoxy) is 1. The van der Waals surface area contributed by atoms with E-state index in [2.05, 4.69) is 11.3 Å². The topological polar surface area (TPSA) is 80.7 Å². The number of benzene rings is 1. The fourth-order valence-electron chi connectivity index (χ4n) is 1.37. The lowest BCUT2D eigenvalue weighted by Crippen LogP contribution is -2.33. The summed E-state index contributed by atoms with van der Waals surface area (Å²) in [5.74, 6) is -0.985. The molecule has 0 radical (unpaired) electrons. The van der Waals surface area contributed by atoms with Crippen molar-refractivity contribution in [2.75, 3.05) is 6.61 Å². The maximum atomic E-state index is 11.5. The zero-order valence-corrected chi connectivity index (χ0v) is 10.5. The van der Waals surface area contributed by atoms with Crippen LogP contribution in [0.15, 0.2) is 43.0 Å². The van der Waals surface area contributed by atoms with Gasteiger partial charge in [0, 0.05) is 6.42 Å². The first-order chi connectivity index (χ1) is 8.45. The summed E-state index contributed by atoms with van der Waals surface area (Å²) in [5.41, 5.74) is 0.621. The van der Waals surface area contributed by atoms with E-state index in [1.807, 2.05) is 0 Å². The molecule has 5 nitrogen and oxygen atoms in total. The van der Waals surface area contributed by atoms with Crippen LogP contribution in [0.1, 0.15) is 5.56 Å². The molecule has 0 fully saturated rings. The number of esters is 1. The normalized spacial score (nSPS) is 12.7. The summed E-state index contributed by atoms with van der Waals surface area (Å²) in [7, 11) is -4.50. The molecule has 0 aliphatic rings. The summed E-state index contributed by atoms with van der Waals surface area (Å²) in [4.78, 5) is 11.5. The molecule has 1 rings (SSSR count). The van der Waals surface area contributed by atoms with Crippen molar-refractivity contribution in [3.63, 3.8) is 0 Å². The van der Waals surface area contributed by atoms with Gasteiger partial charge in [-0.25, -0.2) is 0 Å². The fraction of sp³-hybridized carbons (Fsp3) is 0.250. The predicted molar refractivity (Wildman–Crippen MR) is 66.6 cm³/mol. The first-order valence-corrected chi connectivity index (χ1v) is 6.73. The molecule has 1 unspecified atom stereocenters. The van der Waals surface area contributed by atoms with Gasteiger partial charge in [-0.05, 0) is 5.56 Å². The van der Waals surface area contributed by atoms with Crippen LogP contribution in [0.5, 0.6) is 0 Å². The Balaban J connectivity index is 2.87. The minimum Gasteiger partial charge on any atom is -0.460 e. The highest BCUT2D eigenvalue weighted by Crippen LogP contribution is 2.11. The fourth-order valence-corrected chi connectivity index (χ4v) is 2.09. The summed E-state index contributed by atoms with van der Waals surface area (Å²) >= 11 is 0. The average molecular weight is 270 g/mol. The number of carbonyl (C=O) groups excluding carboxylic acids is 1. The van der Waals surface area contributed by atoms with Crippen LogP contribution in [0.4, 0.5) is 0 Å². The van der Waals surface area contributed by atoms with Crippen LogP contribution in [0, 0.1) is 0 Å². The number of rotatable bonds is 6. The summed E-state index contributed by atoms with van der Waals surface area (Å²) in [6.07, 6.45) is 1.19. The van der Waals surface area contributed by atoms with Crippen molar-refractivity contribution in [3.05, 3.63) is 48.6 Å². The molecule has 0 amide bonds. The van der Waals surface area contributed by atoms with Crippen molar-refractivity contribution in [1.29, 1.82) is 0 Å². The Hall–Kier alpha value is -1.66. The maximum Gasteiger partial charge on any atom is 0.327 e. The van der Waals surface area contributed by atoms with Crippen molar-refractivity contribution >= 4 is 16.1 Å². The summed E-state index contributed by atoms with van der Waals surface area (Å²) < 4.78 is 36.0. The smallest absolute Gasteiger partial charge is 0.327 e. The number of hydrogen-bond acceptors (Lipinski definition) is 4. The molecule has 1 aromatic carbocycles. The summed E-state index contributed by atoms with van der Waals surface area (Å²) in [6, 6.07) is 8.52. The van der Waals surface area contributed by atoms with Gasteiger partial charge in [0.05, 0.1) is 0 Å². The number of hydrogen-bond donors (Lipinski definition) is 1. The Morgan fingerprint density at radius 1 is 1.39 bits per heavy atom. The lowest BCUT2D eigenvalue weighted by molar-refractivity contribution is -0.141. The third kappa shape index (κ3) is 4.31. The van der Waals surface area contributed by atoms with E-state index >= 15 is 0 Å². The van der Waals surface area contributed by atoms with Crippen molar-refractivity contribution in [2.24, 2.45) is 0 Å². The lowest BCUT2D eigenvalue weighted by atomic mass is 10.1. The molecule has 1 atom stereocenters. The molecule has 0 aliphatic carbocycles. The molecule has 0 saturated heterocycles.